The Kier molecular flexibility index (Phi) is 5.32. The molecular weight excluding hydrogens is 346 g/mol. The van der Waals surface area contributed by atoms with Crippen LogP contribution in [0.5, 0.6) is 0 Å². The van der Waals surface area contributed by atoms with E-state index in [-0.39, 0.29) is 6.09 Å². The van der Waals surface area contributed by atoms with Crippen LogP contribution in [-0.2, 0) is 11.3 Å². The Balaban J connectivity index is 2.14. The maximum absolute atomic E-state index is 12.1. The first-order valence-corrected chi connectivity index (χ1v) is 8.40. The van der Waals surface area contributed by atoms with Crippen molar-refractivity contribution in [2.45, 2.75) is 45.8 Å². The fourth-order valence-electron chi connectivity index (χ4n) is 2.46. The third kappa shape index (κ3) is 4.60. The SMILES string of the molecule is CN(Cc1nc(Br)ccc1N1CCCC1)C(=O)OC(C)(C)C. The van der Waals surface area contributed by atoms with Crippen molar-refractivity contribution in [2.24, 2.45) is 0 Å². The normalized spacial score (nSPS) is 15.0. The minimum absolute atomic E-state index is 0.332. The molecule has 2 heterocycles. The number of carbonyl (C=O) groups excluding carboxylic acids is 1. The Hall–Kier alpha value is -1.30. The molecule has 1 fully saturated rings. The summed E-state index contributed by atoms with van der Waals surface area (Å²) in [5.74, 6) is 0. The summed E-state index contributed by atoms with van der Waals surface area (Å²) >= 11 is 3.42. The van der Waals surface area contributed by atoms with Crippen molar-refractivity contribution in [1.82, 2.24) is 9.88 Å². The van der Waals surface area contributed by atoms with E-state index in [2.05, 4.69) is 31.9 Å². The number of aromatic nitrogens is 1. The van der Waals surface area contributed by atoms with Crippen LogP contribution in [0.3, 0.4) is 0 Å². The highest BCUT2D eigenvalue weighted by Gasteiger charge is 2.22. The first-order chi connectivity index (χ1) is 10.3. The smallest absolute Gasteiger partial charge is 0.410 e. The summed E-state index contributed by atoms with van der Waals surface area (Å²) in [6, 6.07) is 4.02. The highest BCUT2D eigenvalue weighted by Crippen LogP contribution is 2.26. The summed E-state index contributed by atoms with van der Waals surface area (Å²) in [7, 11) is 1.74. The van der Waals surface area contributed by atoms with Gasteiger partial charge in [-0.1, -0.05) is 0 Å². The third-order valence-electron chi connectivity index (χ3n) is 3.46. The van der Waals surface area contributed by atoms with Crippen molar-refractivity contribution in [2.75, 3.05) is 25.0 Å². The average molecular weight is 370 g/mol. The van der Waals surface area contributed by atoms with Crippen LogP contribution in [0.4, 0.5) is 10.5 Å². The van der Waals surface area contributed by atoms with Gasteiger partial charge in [-0.15, -0.1) is 0 Å². The standard InChI is InChI=1S/C16H24BrN3O2/c1-16(2,3)22-15(21)19(4)11-12-13(7-8-14(17)18-12)20-9-5-6-10-20/h7-8H,5-6,9-11H2,1-4H3. The first kappa shape index (κ1) is 17.1. The number of rotatable bonds is 3. The van der Waals surface area contributed by atoms with Crippen molar-refractivity contribution >= 4 is 27.7 Å². The van der Waals surface area contributed by atoms with Crippen molar-refractivity contribution in [1.29, 1.82) is 0 Å². The average Bonchev–Trinajstić information content (AvgIpc) is 2.90. The maximum atomic E-state index is 12.1. The molecule has 1 saturated heterocycles. The molecule has 22 heavy (non-hydrogen) atoms. The number of carbonyl (C=O) groups is 1. The van der Waals surface area contributed by atoms with Crippen LogP contribution < -0.4 is 4.90 Å². The van der Waals surface area contributed by atoms with Crippen molar-refractivity contribution in [3.8, 4) is 0 Å². The van der Waals surface area contributed by atoms with Crippen LogP contribution in [0, 0.1) is 0 Å². The lowest BCUT2D eigenvalue weighted by Crippen LogP contribution is -2.34. The minimum Gasteiger partial charge on any atom is -0.444 e. The highest BCUT2D eigenvalue weighted by molar-refractivity contribution is 9.10. The molecular formula is C16H24BrN3O2. The van der Waals surface area contributed by atoms with Crippen molar-refractivity contribution in [3.05, 3.63) is 22.4 Å². The molecule has 0 unspecified atom stereocenters. The van der Waals surface area contributed by atoms with E-state index in [9.17, 15) is 4.79 Å². The van der Waals surface area contributed by atoms with E-state index < -0.39 is 5.60 Å². The van der Waals surface area contributed by atoms with Crippen LogP contribution in [-0.4, -0.2) is 41.7 Å². The summed E-state index contributed by atoms with van der Waals surface area (Å²) in [5, 5.41) is 0. The van der Waals surface area contributed by atoms with Crippen LogP contribution in [0.15, 0.2) is 16.7 Å². The molecule has 0 spiro atoms. The minimum atomic E-state index is -0.492. The predicted octanol–water partition coefficient (Wildman–Crippen LogP) is 3.81. The van der Waals surface area contributed by atoms with Crippen LogP contribution in [0.25, 0.3) is 0 Å². The van der Waals surface area contributed by atoms with Gasteiger partial charge in [-0.25, -0.2) is 9.78 Å². The molecule has 1 aromatic heterocycles. The number of hydrogen-bond acceptors (Lipinski definition) is 4. The second kappa shape index (κ2) is 6.86. The molecule has 5 nitrogen and oxygen atoms in total. The summed E-state index contributed by atoms with van der Waals surface area (Å²) < 4.78 is 6.18. The highest BCUT2D eigenvalue weighted by atomic mass is 79.9. The Labute approximate surface area is 140 Å². The van der Waals surface area contributed by atoms with Gasteiger partial charge in [0.2, 0.25) is 0 Å². The number of ether oxygens (including phenoxy) is 1. The Morgan fingerprint density at radius 3 is 2.59 bits per heavy atom. The lowest BCUT2D eigenvalue weighted by Gasteiger charge is -2.26. The molecule has 0 saturated carbocycles. The molecule has 122 valence electrons. The van der Waals surface area contributed by atoms with E-state index in [1.165, 1.54) is 12.8 Å². The second-order valence-electron chi connectivity index (χ2n) is 6.63. The summed E-state index contributed by atoms with van der Waals surface area (Å²) in [4.78, 5) is 20.6. The van der Waals surface area contributed by atoms with E-state index in [0.29, 0.717) is 6.54 Å². The topological polar surface area (TPSA) is 45.7 Å². The molecule has 2 rings (SSSR count). The maximum Gasteiger partial charge on any atom is 0.410 e. The molecule has 1 amide bonds. The zero-order valence-corrected chi connectivity index (χ0v) is 15.3. The fourth-order valence-corrected chi connectivity index (χ4v) is 2.80. The van der Waals surface area contributed by atoms with E-state index in [4.69, 9.17) is 4.74 Å². The zero-order chi connectivity index (χ0) is 16.3. The van der Waals surface area contributed by atoms with E-state index in [1.807, 2.05) is 26.8 Å². The van der Waals surface area contributed by atoms with E-state index in [0.717, 1.165) is 29.1 Å². The fraction of sp³-hybridized carbons (Fsp3) is 0.625. The summed E-state index contributed by atoms with van der Waals surface area (Å²) in [5.41, 5.74) is 1.51. The largest absolute Gasteiger partial charge is 0.444 e. The van der Waals surface area contributed by atoms with Crippen molar-refractivity contribution < 1.29 is 9.53 Å². The van der Waals surface area contributed by atoms with Gasteiger partial charge in [-0.05, 0) is 61.7 Å². The molecule has 0 bridgehead atoms. The van der Waals surface area contributed by atoms with Gasteiger partial charge < -0.3 is 14.5 Å². The predicted molar refractivity (Wildman–Crippen MR) is 91.1 cm³/mol. The molecule has 0 radical (unpaired) electrons. The van der Waals surface area contributed by atoms with E-state index >= 15 is 0 Å². The molecule has 0 atom stereocenters. The number of hydrogen-bond donors (Lipinski definition) is 0. The molecule has 1 aliphatic rings. The summed E-state index contributed by atoms with van der Waals surface area (Å²) in [6.45, 7) is 8.13. The molecule has 1 aromatic rings. The van der Waals surface area contributed by atoms with Gasteiger partial charge in [0.15, 0.2) is 0 Å². The Morgan fingerprint density at radius 2 is 2.00 bits per heavy atom. The van der Waals surface area contributed by atoms with Crippen LogP contribution in [0.2, 0.25) is 0 Å². The molecule has 6 heteroatoms. The lowest BCUT2D eigenvalue weighted by molar-refractivity contribution is 0.0283. The lowest BCUT2D eigenvalue weighted by atomic mass is 10.2. The van der Waals surface area contributed by atoms with Gasteiger partial charge in [0.1, 0.15) is 10.2 Å². The monoisotopic (exact) mass is 369 g/mol. The van der Waals surface area contributed by atoms with Gasteiger partial charge in [-0.2, -0.15) is 0 Å². The third-order valence-corrected chi connectivity index (χ3v) is 3.90. The Bertz CT molecular complexity index is 537. The zero-order valence-electron chi connectivity index (χ0n) is 13.7. The second-order valence-corrected chi connectivity index (χ2v) is 7.44. The molecule has 1 aliphatic heterocycles. The van der Waals surface area contributed by atoms with Crippen LogP contribution in [0.1, 0.15) is 39.3 Å². The Morgan fingerprint density at radius 1 is 1.36 bits per heavy atom. The first-order valence-electron chi connectivity index (χ1n) is 7.61. The number of halogens is 1. The molecule has 0 aliphatic carbocycles. The summed E-state index contributed by atoms with van der Waals surface area (Å²) in [6.07, 6.45) is 2.08. The molecule has 0 N–H and O–H groups in total. The number of amides is 1. The number of pyridine rings is 1. The van der Waals surface area contributed by atoms with Crippen LogP contribution >= 0.6 is 15.9 Å². The van der Waals surface area contributed by atoms with Gasteiger partial charge in [-0.3, -0.25) is 0 Å². The van der Waals surface area contributed by atoms with Gasteiger partial charge in [0.25, 0.3) is 0 Å². The van der Waals surface area contributed by atoms with Crippen molar-refractivity contribution in [3.63, 3.8) is 0 Å². The quantitative estimate of drug-likeness (QED) is 0.759. The van der Waals surface area contributed by atoms with Gasteiger partial charge >= 0.3 is 6.09 Å². The number of anilines is 1. The van der Waals surface area contributed by atoms with Gasteiger partial charge in [0.05, 0.1) is 17.9 Å². The number of nitrogens with zero attached hydrogens (tertiary/aromatic N) is 3. The van der Waals surface area contributed by atoms with E-state index in [1.54, 1.807) is 11.9 Å². The van der Waals surface area contributed by atoms with Gasteiger partial charge in [0, 0.05) is 20.1 Å². The molecule has 0 aromatic carbocycles.